The second-order valence-corrected chi connectivity index (χ2v) is 5.95. The van der Waals surface area contributed by atoms with E-state index < -0.39 is 0 Å². The molecular weight excluding hydrogens is 228 g/mol. The molecule has 1 saturated carbocycles. The van der Waals surface area contributed by atoms with Gasteiger partial charge in [0.1, 0.15) is 12.6 Å². The summed E-state index contributed by atoms with van der Waals surface area (Å²) >= 11 is 0. The largest absolute Gasteiger partial charge is 0.329 e. The highest BCUT2D eigenvalue weighted by molar-refractivity contribution is 5.95. The summed E-state index contributed by atoms with van der Waals surface area (Å²) in [6.07, 6.45) is 6.53. The maximum Gasteiger partial charge on any atom is 0.246 e. The number of carbonyl (C=O) groups excluding carboxylic acids is 2. The van der Waals surface area contributed by atoms with Crippen LogP contribution in [0.25, 0.3) is 0 Å². The van der Waals surface area contributed by atoms with Gasteiger partial charge in [-0.2, -0.15) is 0 Å². The quantitative estimate of drug-likeness (QED) is 0.756. The summed E-state index contributed by atoms with van der Waals surface area (Å²) in [6, 6.07) is 0.149. The summed E-state index contributed by atoms with van der Waals surface area (Å²) in [5.74, 6) is 1.17. The first-order valence-electron chi connectivity index (χ1n) is 7.30. The van der Waals surface area contributed by atoms with Crippen LogP contribution >= 0.6 is 0 Å². The van der Waals surface area contributed by atoms with E-state index in [0.717, 1.165) is 38.1 Å². The van der Waals surface area contributed by atoms with Gasteiger partial charge in [0.15, 0.2) is 0 Å². The Bertz CT molecular complexity index is 365. The Labute approximate surface area is 108 Å². The van der Waals surface area contributed by atoms with Gasteiger partial charge in [-0.1, -0.05) is 19.8 Å². The van der Waals surface area contributed by atoms with Crippen molar-refractivity contribution in [3.05, 3.63) is 0 Å². The molecule has 3 aliphatic rings. The van der Waals surface area contributed by atoms with Crippen LogP contribution in [0.15, 0.2) is 0 Å². The van der Waals surface area contributed by atoms with Crippen LogP contribution < -0.4 is 0 Å². The van der Waals surface area contributed by atoms with Crippen LogP contribution in [0, 0.1) is 5.92 Å². The summed E-state index contributed by atoms with van der Waals surface area (Å²) in [4.78, 5) is 28.2. The lowest BCUT2D eigenvalue weighted by molar-refractivity contribution is -0.156. The number of rotatable bonds is 4. The summed E-state index contributed by atoms with van der Waals surface area (Å²) in [5.41, 5.74) is 0. The van der Waals surface area contributed by atoms with E-state index in [2.05, 4.69) is 6.92 Å². The fourth-order valence-electron chi connectivity index (χ4n) is 3.39. The molecule has 2 aliphatic heterocycles. The van der Waals surface area contributed by atoms with Crippen molar-refractivity contribution in [3.8, 4) is 0 Å². The van der Waals surface area contributed by atoms with Gasteiger partial charge in [0, 0.05) is 12.6 Å². The van der Waals surface area contributed by atoms with Crippen molar-refractivity contribution in [1.29, 1.82) is 0 Å². The van der Waals surface area contributed by atoms with Gasteiger partial charge in [-0.15, -0.1) is 0 Å². The summed E-state index contributed by atoms with van der Waals surface area (Å²) in [5, 5.41) is 0. The highest BCUT2D eigenvalue weighted by atomic mass is 16.2. The first-order chi connectivity index (χ1) is 8.70. The SMILES string of the molecule is CCC(CC1CC1)N1CC(=O)N2CCCC2C1=O. The molecule has 2 amide bonds. The maximum absolute atomic E-state index is 12.5. The zero-order valence-corrected chi connectivity index (χ0v) is 11.1. The first kappa shape index (κ1) is 12.0. The molecule has 0 radical (unpaired) electrons. The predicted molar refractivity (Wildman–Crippen MR) is 67.9 cm³/mol. The van der Waals surface area contributed by atoms with E-state index in [1.165, 1.54) is 12.8 Å². The Hall–Kier alpha value is -1.06. The van der Waals surface area contributed by atoms with Gasteiger partial charge in [0.25, 0.3) is 0 Å². The minimum Gasteiger partial charge on any atom is -0.329 e. The smallest absolute Gasteiger partial charge is 0.246 e. The average molecular weight is 250 g/mol. The van der Waals surface area contributed by atoms with E-state index >= 15 is 0 Å². The lowest BCUT2D eigenvalue weighted by Crippen LogP contribution is -2.60. The van der Waals surface area contributed by atoms with Crippen molar-refractivity contribution in [2.75, 3.05) is 13.1 Å². The molecule has 2 atom stereocenters. The molecule has 0 N–H and O–H groups in total. The fraction of sp³-hybridized carbons (Fsp3) is 0.857. The minimum absolute atomic E-state index is 0.139. The second kappa shape index (κ2) is 4.56. The molecule has 0 aromatic heterocycles. The standard InChI is InChI=1S/C14H22N2O2/c1-2-11(8-10-5-6-10)16-9-13(17)15-7-3-4-12(15)14(16)18/h10-12H,2-9H2,1H3. The number of hydrogen-bond donors (Lipinski definition) is 0. The second-order valence-electron chi connectivity index (χ2n) is 5.95. The molecule has 18 heavy (non-hydrogen) atoms. The topological polar surface area (TPSA) is 40.6 Å². The van der Waals surface area contributed by atoms with E-state index in [9.17, 15) is 9.59 Å². The minimum atomic E-state index is -0.139. The van der Waals surface area contributed by atoms with Gasteiger partial charge < -0.3 is 9.80 Å². The molecule has 2 heterocycles. The van der Waals surface area contributed by atoms with Crippen LogP contribution in [0.5, 0.6) is 0 Å². The summed E-state index contributed by atoms with van der Waals surface area (Å²) in [6.45, 7) is 3.23. The van der Waals surface area contributed by atoms with Gasteiger partial charge in [-0.05, 0) is 31.6 Å². The molecule has 2 saturated heterocycles. The van der Waals surface area contributed by atoms with Crippen molar-refractivity contribution in [3.63, 3.8) is 0 Å². The zero-order chi connectivity index (χ0) is 12.7. The molecule has 0 aromatic carbocycles. The monoisotopic (exact) mass is 250 g/mol. The highest BCUT2D eigenvalue weighted by Gasteiger charge is 2.44. The van der Waals surface area contributed by atoms with Gasteiger partial charge in [0.05, 0.1) is 0 Å². The molecule has 0 aromatic rings. The van der Waals surface area contributed by atoms with E-state index in [0.29, 0.717) is 6.54 Å². The molecule has 3 rings (SSSR count). The van der Waals surface area contributed by atoms with E-state index in [1.54, 1.807) is 4.90 Å². The number of carbonyl (C=O) groups is 2. The Balaban J connectivity index is 1.74. The van der Waals surface area contributed by atoms with Crippen LogP contribution in [0.2, 0.25) is 0 Å². The molecule has 0 bridgehead atoms. The van der Waals surface area contributed by atoms with Gasteiger partial charge >= 0.3 is 0 Å². The summed E-state index contributed by atoms with van der Waals surface area (Å²) < 4.78 is 0. The Kier molecular flexibility index (Phi) is 3.04. The number of nitrogens with zero attached hydrogens (tertiary/aromatic N) is 2. The Morgan fingerprint density at radius 3 is 2.72 bits per heavy atom. The van der Waals surface area contributed by atoms with Gasteiger partial charge in [0.2, 0.25) is 11.8 Å². The van der Waals surface area contributed by atoms with Crippen LogP contribution in [0.3, 0.4) is 0 Å². The van der Waals surface area contributed by atoms with Crippen molar-refractivity contribution < 1.29 is 9.59 Å². The van der Waals surface area contributed by atoms with E-state index in [-0.39, 0.29) is 23.9 Å². The van der Waals surface area contributed by atoms with Crippen LogP contribution in [-0.2, 0) is 9.59 Å². The van der Waals surface area contributed by atoms with Crippen molar-refractivity contribution in [2.24, 2.45) is 5.92 Å². The molecule has 4 heteroatoms. The van der Waals surface area contributed by atoms with E-state index in [4.69, 9.17) is 0 Å². The van der Waals surface area contributed by atoms with Crippen LogP contribution in [0.4, 0.5) is 0 Å². The van der Waals surface area contributed by atoms with Crippen molar-refractivity contribution in [1.82, 2.24) is 9.80 Å². The molecule has 0 spiro atoms. The zero-order valence-electron chi connectivity index (χ0n) is 11.1. The number of amides is 2. The number of piperazine rings is 1. The normalized spacial score (nSPS) is 29.7. The third kappa shape index (κ3) is 2.02. The molecule has 100 valence electrons. The Morgan fingerprint density at radius 1 is 1.28 bits per heavy atom. The van der Waals surface area contributed by atoms with Crippen LogP contribution in [0.1, 0.15) is 45.4 Å². The molecular formula is C14H22N2O2. The number of fused-ring (bicyclic) bond motifs is 1. The van der Waals surface area contributed by atoms with Gasteiger partial charge in [-0.25, -0.2) is 0 Å². The maximum atomic E-state index is 12.5. The summed E-state index contributed by atoms with van der Waals surface area (Å²) in [7, 11) is 0. The van der Waals surface area contributed by atoms with Gasteiger partial charge in [-0.3, -0.25) is 9.59 Å². The van der Waals surface area contributed by atoms with Crippen LogP contribution in [-0.4, -0.2) is 46.8 Å². The van der Waals surface area contributed by atoms with E-state index in [1.807, 2.05) is 4.90 Å². The van der Waals surface area contributed by atoms with Crippen molar-refractivity contribution >= 4 is 11.8 Å². The molecule has 4 nitrogen and oxygen atoms in total. The highest BCUT2D eigenvalue weighted by Crippen LogP contribution is 2.36. The number of hydrogen-bond acceptors (Lipinski definition) is 2. The predicted octanol–water partition coefficient (Wildman–Crippen LogP) is 1.40. The average Bonchev–Trinajstić information content (AvgIpc) is 3.03. The third-order valence-corrected chi connectivity index (χ3v) is 4.66. The molecule has 3 fully saturated rings. The first-order valence-corrected chi connectivity index (χ1v) is 7.30. The molecule has 1 aliphatic carbocycles. The lowest BCUT2D eigenvalue weighted by atomic mass is 10.0. The fourth-order valence-corrected chi connectivity index (χ4v) is 3.39. The third-order valence-electron chi connectivity index (χ3n) is 4.66. The Morgan fingerprint density at radius 2 is 2.06 bits per heavy atom. The lowest BCUT2D eigenvalue weighted by Gasteiger charge is -2.40. The van der Waals surface area contributed by atoms with Crippen molar-refractivity contribution in [2.45, 2.75) is 57.5 Å². The molecule has 2 unspecified atom stereocenters.